The lowest BCUT2D eigenvalue weighted by molar-refractivity contribution is -0.0556. The van der Waals surface area contributed by atoms with Crippen LogP contribution in [0.1, 0.15) is 24.8 Å². The first kappa shape index (κ1) is 13.0. The molecule has 5 heteroatoms. The number of ether oxygens (including phenoxy) is 1. The lowest BCUT2D eigenvalue weighted by Crippen LogP contribution is -2.51. The van der Waals surface area contributed by atoms with E-state index in [-0.39, 0.29) is 12.1 Å². The van der Waals surface area contributed by atoms with E-state index in [1.54, 1.807) is 11.3 Å². The van der Waals surface area contributed by atoms with Crippen LogP contribution in [0.15, 0.2) is 17.5 Å². The molecule has 0 aliphatic carbocycles. The molecule has 96 valence electrons. The Morgan fingerprint density at radius 1 is 1.59 bits per heavy atom. The number of hydrogen-bond donors (Lipinski definition) is 2. The van der Waals surface area contributed by atoms with Gasteiger partial charge >= 0.3 is 0 Å². The second-order valence-electron chi connectivity index (χ2n) is 4.66. The summed E-state index contributed by atoms with van der Waals surface area (Å²) in [5.41, 5.74) is 2.89. The van der Waals surface area contributed by atoms with Gasteiger partial charge in [-0.3, -0.25) is 10.7 Å². The Hall–Kier alpha value is -0.460. The van der Waals surface area contributed by atoms with Crippen LogP contribution in [0.3, 0.4) is 0 Å². The van der Waals surface area contributed by atoms with Gasteiger partial charge in [-0.05, 0) is 25.3 Å². The Balaban J connectivity index is 2.04. The molecule has 1 aliphatic rings. The number of thiophene rings is 1. The Bertz CT molecular complexity index is 329. The van der Waals surface area contributed by atoms with Crippen LogP contribution in [0.2, 0.25) is 0 Å². The third-order valence-corrected chi connectivity index (χ3v) is 4.21. The summed E-state index contributed by atoms with van der Waals surface area (Å²) in [5.74, 6) is 5.67. The van der Waals surface area contributed by atoms with Crippen LogP contribution in [0.4, 0.5) is 0 Å². The summed E-state index contributed by atoms with van der Waals surface area (Å²) >= 11 is 1.72. The molecule has 1 aromatic rings. The number of nitrogens with one attached hydrogen (secondary N) is 1. The highest BCUT2D eigenvalue weighted by Crippen LogP contribution is 2.25. The van der Waals surface area contributed by atoms with Gasteiger partial charge in [-0.15, -0.1) is 11.3 Å². The Labute approximate surface area is 107 Å². The van der Waals surface area contributed by atoms with Crippen LogP contribution in [-0.4, -0.2) is 36.7 Å². The van der Waals surface area contributed by atoms with E-state index in [0.717, 1.165) is 19.7 Å². The van der Waals surface area contributed by atoms with Gasteiger partial charge in [-0.1, -0.05) is 6.07 Å². The van der Waals surface area contributed by atoms with Crippen molar-refractivity contribution in [3.05, 3.63) is 22.4 Å². The van der Waals surface area contributed by atoms with Gasteiger partial charge in [0.05, 0.1) is 18.8 Å². The standard InChI is InChI=1S/C12H21N3OS/c1-9(2)15-5-6-16-10(8-15)12(14-13)11-4-3-7-17-11/h3-4,7,9-10,12,14H,5-6,8,13H2,1-2H3. The van der Waals surface area contributed by atoms with E-state index in [2.05, 4.69) is 35.6 Å². The lowest BCUT2D eigenvalue weighted by atomic mass is 10.1. The predicted molar refractivity (Wildman–Crippen MR) is 70.8 cm³/mol. The van der Waals surface area contributed by atoms with Gasteiger partial charge in [0.1, 0.15) is 0 Å². The van der Waals surface area contributed by atoms with E-state index in [0.29, 0.717) is 6.04 Å². The topological polar surface area (TPSA) is 50.5 Å². The van der Waals surface area contributed by atoms with E-state index in [4.69, 9.17) is 10.6 Å². The maximum absolute atomic E-state index is 5.86. The summed E-state index contributed by atoms with van der Waals surface area (Å²) in [4.78, 5) is 3.68. The van der Waals surface area contributed by atoms with Gasteiger partial charge in [0.15, 0.2) is 0 Å². The van der Waals surface area contributed by atoms with Crippen molar-refractivity contribution in [2.24, 2.45) is 5.84 Å². The number of hydrazine groups is 1. The van der Waals surface area contributed by atoms with Crippen LogP contribution >= 0.6 is 11.3 Å². The predicted octanol–water partition coefficient (Wildman–Crippen LogP) is 1.36. The maximum Gasteiger partial charge on any atom is 0.0917 e. The minimum absolute atomic E-state index is 0.0940. The average Bonchev–Trinajstić information content (AvgIpc) is 2.84. The lowest BCUT2D eigenvalue weighted by Gasteiger charge is -2.38. The molecule has 2 heterocycles. The average molecular weight is 255 g/mol. The highest BCUT2D eigenvalue weighted by atomic mass is 32.1. The number of nitrogens with zero attached hydrogens (tertiary/aromatic N) is 1. The van der Waals surface area contributed by atoms with Crippen molar-refractivity contribution in [2.75, 3.05) is 19.7 Å². The molecule has 1 aliphatic heterocycles. The molecule has 1 fully saturated rings. The quantitative estimate of drug-likeness (QED) is 0.630. The minimum Gasteiger partial charge on any atom is -0.373 e. The van der Waals surface area contributed by atoms with E-state index < -0.39 is 0 Å². The van der Waals surface area contributed by atoms with Crippen molar-refractivity contribution in [1.29, 1.82) is 0 Å². The van der Waals surface area contributed by atoms with E-state index in [1.807, 2.05) is 6.07 Å². The Morgan fingerprint density at radius 3 is 3.00 bits per heavy atom. The fourth-order valence-corrected chi connectivity index (χ4v) is 3.05. The van der Waals surface area contributed by atoms with E-state index in [9.17, 15) is 0 Å². The summed E-state index contributed by atoms with van der Waals surface area (Å²) in [7, 11) is 0. The van der Waals surface area contributed by atoms with Crippen LogP contribution in [0.5, 0.6) is 0 Å². The SMILES string of the molecule is CC(C)N1CCOC(C(NN)c2cccs2)C1. The molecule has 2 unspecified atom stereocenters. The van der Waals surface area contributed by atoms with Gasteiger partial charge in [0.25, 0.3) is 0 Å². The summed E-state index contributed by atoms with van der Waals surface area (Å²) in [6.07, 6.45) is 0.134. The number of morpholine rings is 1. The molecule has 0 amide bonds. The van der Waals surface area contributed by atoms with Crippen LogP contribution in [0.25, 0.3) is 0 Å². The van der Waals surface area contributed by atoms with Crippen molar-refractivity contribution in [3.8, 4) is 0 Å². The molecule has 0 bridgehead atoms. The highest BCUT2D eigenvalue weighted by Gasteiger charge is 2.30. The normalized spacial score (nSPS) is 24.1. The number of hydrogen-bond acceptors (Lipinski definition) is 5. The molecule has 1 aromatic heterocycles. The largest absolute Gasteiger partial charge is 0.373 e. The van der Waals surface area contributed by atoms with E-state index in [1.165, 1.54) is 4.88 Å². The zero-order valence-corrected chi connectivity index (χ0v) is 11.2. The monoisotopic (exact) mass is 255 g/mol. The number of rotatable bonds is 4. The first-order valence-electron chi connectivity index (χ1n) is 6.07. The van der Waals surface area contributed by atoms with E-state index >= 15 is 0 Å². The molecule has 0 aromatic carbocycles. The second kappa shape index (κ2) is 5.93. The van der Waals surface area contributed by atoms with Gasteiger partial charge in [0, 0.05) is 24.0 Å². The smallest absolute Gasteiger partial charge is 0.0917 e. The minimum atomic E-state index is 0.0940. The fourth-order valence-electron chi connectivity index (χ4n) is 2.21. The maximum atomic E-state index is 5.86. The third kappa shape index (κ3) is 3.05. The van der Waals surface area contributed by atoms with Crippen LogP contribution in [0, 0.1) is 0 Å². The first-order chi connectivity index (χ1) is 8.22. The molecule has 0 saturated carbocycles. The summed E-state index contributed by atoms with van der Waals surface area (Å²) in [5, 5.41) is 2.07. The molecular weight excluding hydrogens is 234 g/mol. The van der Waals surface area contributed by atoms with Crippen LogP contribution < -0.4 is 11.3 Å². The van der Waals surface area contributed by atoms with Crippen molar-refractivity contribution < 1.29 is 4.74 Å². The molecule has 17 heavy (non-hydrogen) atoms. The second-order valence-corrected chi connectivity index (χ2v) is 5.64. The first-order valence-corrected chi connectivity index (χ1v) is 6.95. The summed E-state index contributed by atoms with van der Waals surface area (Å²) in [6, 6.07) is 4.81. The Kier molecular flexibility index (Phi) is 4.53. The highest BCUT2D eigenvalue weighted by molar-refractivity contribution is 7.10. The van der Waals surface area contributed by atoms with Crippen molar-refractivity contribution in [2.45, 2.75) is 32.0 Å². The van der Waals surface area contributed by atoms with Gasteiger partial charge < -0.3 is 4.74 Å². The molecule has 1 saturated heterocycles. The van der Waals surface area contributed by atoms with Crippen molar-refractivity contribution in [3.63, 3.8) is 0 Å². The van der Waals surface area contributed by atoms with Gasteiger partial charge in [0.2, 0.25) is 0 Å². The van der Waals surface area contributed by atoms with Crippen molar-refractivity contribution in [1.82, 2.24) is 10.3 Å². The summed E-state index contributed by atoms with van der Waals surface area (Å²) < 4.78 is 5.86. The molecule has 4 nitrogen and oxygen atoms in total. The molecular formula is C12H21N3OS. The molecule has 0 spiro atoms. The zero-order valence-electron chi connectivity index (χ0n) is 10.4. The third-order valence-electron chi connectivity index (χ3n) is 3.26. The van der Waals surface area contributed by atoms with Gasteiger partial charge in [-0.25, -0.2) is 5.43 Å². The van der Waals surface area contributed by atoms with Crippen LogP contribution in [-0.2, 0) is 4.74 Å². The van der Waals surface area contributed by atoms with Crippen molar-refractivity contribution >= 4 is 11.3 Å². The fraction of sp³-hybridized carbons (Fsp3) is 0.667. The summed E-state index contributed by atoms with van der Waals surface area (Å²) in [6.45, 7) is 7.17. The zero-order chi connectivity index (χ0) is 12.3. The number of nitrogens with two attached hydrogens (primary N) is 1. The Morgan fingerprint density at radius 2 is 2.41 bits per heavy atom. The molecule has 3 N–H and O–H groups in total. The molecule has 2 rings (SSSR count). The molecule has 2 atom stereocenters. The van der Waals surface area contributed by atoms with Gasteiger partial charge in [-0.2, -0.15) is 0 Å². The molecule has 0 radical (unpaired) electrons.